The number of hydrogen-bond donors (Lipinski definition) is 1. The van der Waals surface area contributed by atoms with E-state index in [1.165, 1.54) is 4.90 Å². The first kappa shape index (κ1) is 14.3. The number of piperazine rings is 1. The Morgan fingerprint density at radius 1 is 1.42 bits per heavy atom. The molecular weight excluding hydrogens is 332 g/mol. The largest absolute Gasteiger partial charge is 0.342 e. The Morgan fingerprint density at radius 3 is 2.74 bits per heavy atom. The molecule has 1 aromatic rings. The van der Waals surface area contributed by atoms with E-state index in [0.717, 1.165) is 4.47 Å². The van der Waals surface area contributed by atoms with Gasteiger partial charge in [0.15, 0.2) is 0 Å². The summed E-state index contributed by atoms with van der Waals surface area (Å²) in [6.45, 7) is 3.79. The molecule has 0 radical (unpaired) electrons. The number of carbonyl (C=O) groups excluding carboxylic acids is 2. The molecule has 6 heteroatoms. The van der Waals surface area contributed by atoms with Crippen molar-refractivity contribution in [1.29, 1.82) is 0 Å². The molecule has 1 unspecified atom stereocenters. The molecule has 1 aliphatic rings. The third-order valence-corrected chi connectivity index (χ3v) is 3.83. The molecule has 0 spiro atoms. The Bertz CT molecular complexity index is 533. The molecule has 2 amide bonds. The van der Waals surface area contributed by atoms with Gasteiger partial charge in [0.1, 0.15) is 12.6 Å². The minimum atomic E-state index is -0.503. The molecule has 1 saturated heterocycles. The predicted octanol–water partition coefficient (Wildman–Crippen LogP) is 2.59. The molecule has 19 heavy (non-hydrogen) atoms. The summed E-state index contributed by atoms with van der Waals surface area (Å²) in [5.74, 6) is -0.269. The summed E-state index contributed by atoms with van der Waals surface area (Å²) in [7, 11) is 0. The van der Waals surface area contributed by atoms with Gasteiger partial charge < -0.3 is 5.32 Å². The Balaban J connectivity index is 2.40. The number of carbonyl (C=O) groups is 2. The van der Waals surface area contributed by atoms with Gasteiger partial charge in [-0.2, -0.15) is 0 Å². The minimum Gasteiger partial charge on any atom is -0.342 e. The lowest BCUT2D eigenvalue weighted by Crippen LogP contribution is -2.60. The van der Waals surface area contributed by atoms with Gasteiger partial charge in [0.05, 0.1) is 10.7 Å². The van der Waals surface area contributed by atoms with Crippen LogP contribution in [0.15, 0.2) is 22.7 Å². The molecule has 0 bridgehead atoms. The number of hydrogen-bond acceptors (Lipinski definition) is 2. The molecule has 1 aromatic carbocycles. The van der Waals surface area contributed by atoms with Crippen LogP contribution in [0.2, 0.25) is 5.02 Å². The van der Waals surface area contributed by atoms with Crippen molar-refractivity contribution in [3.63, 3.8) is 0 Å². The van der Waals surface area contributed by atoms with Gasteiger partial charge in [0.25, 0.3) is 0 Å². The standard InChI is InChI=1S/C13H14BrClN2O2/c1-7(2)12-13(19)17(6-11(18)16-12)10-5-8(14)3-4-9(10)15/h3-5,7,12H,6H2,1-2H3,(H,16,18). The van der Waals surface area contributed by atoms with E-state index in [2.05, 4.69) is 21.2 Å². The molecule has 1 aliphatic heterocycles. The summed E-state index contributed by atoms with van der Waals surface area (Å²) in [5.41, 5.74) is 0.557. The average Bonchev–Trinajstić information content (AvgIpc) is 2.34. The molecule has 1 N–H and O–H groups in total. The first-order chi connectivity index (χ1) is 8.90. The molecule has 1 fully saturated rings. The predicted molar refractivity (Wildman–Crippen MR) is 78.3 cm³/mol. The number of benzene rings is 1. The van der Waals surface area contributed by atoms with Crippen molar-refractivity contribution >= 4 is 45.0 Å². The van der Waals surface area contributed by atoms with Gasteiger partial charge in [-0.1, -0.05) is 41.4 Å². The number of nitrogens with zero attached hydrogens (tertiary/aromatic N) is 1. The van der Waals surface area contributed by atoms with E-state index in [0.29, 0.717) is 10.7 Å². The SMILES string of the molecule is CC(C)C1NC(=O)CN(c2cc(Br)ccc2Cl)C1=O. The summed E-state index contributed by atoms with van der Waals surface area (Å²) < 4.78 is 0.812. The van der Waals surface area contributed by atoms with Crippen LogP contribution < -0.4 is 10.2 Å². The quantitative estimate of drug-likeness (QED) is 0.895. The Hall–Kier alpha value is -1.07. The summed E-state index contributed by atoms with van der Waals surface area (Å²) in [6, 6.07) is 4.73. The zero-order valence-corrected chi connectivity index (χ0v) is 13.0. The fourth-order valence-electron chi connectivity index (χ4n) is 2.02. The fraction of sp³-hybridized carbons (Fsp3) is 0.385. The van der Waals surface area contributed by atoms with Crippen molar-refractivity contribution in [3.8, 4) is 0 Å². The number of rotatable bonds is 2. The van der Waals surface area contributed by atoms with Gasteiger partial charge in [-0.3, -0.25) is 14.5 Å². The van der Waals surface area contributed by atoms with Crippen molar-refractivity contribution < 1.29 is 9.59 Å². The highest BCUT2D eigenvalue weighted by molar-refractivity contribution is 9.10. The highest BCUT2D eigenvalue weighted by Crippen LogP contribution is 2.31. The van der Waals surface area contributed by atoms with Gasteiger partial charge in [-0.25, -0.2) is 0 Å². The lowest BCUT2D eigenvalue weighted by Gasteiger charge is -2.34. The average molecular weight is 346 g/mol. The molecule has 102 valence electrons. The Labute approximate surface area is 125 Å². The van der Waals surface area contributed by atoms with Crippen molar-refractivity contribution in [2.75, 3.05) is 11.4 Å². The Morgan fingerprint density at radius 2 is 2.11 bits per heavy atom. The first-order valence-electron chi connectivity index (χ1n) is 5.96. The van der Waals surface area contributed by atoms with Crippen LogP contribution in [-0.4, -0.2) is 24.4 Å². The molecule has 1 heterocycles. The Kier molecular flexibility index (Phi) is 4.16. The van der Waals surface area contributed by atoms with Crippen LogP contribution in [0, 0.1) is 5.92 Å². The van der Waals surface area contributed by atoms with Gasteiger partial charge in [-0.05, 0) is 24.1 Å². The second-order valence-electron chi connectivity index (χ2n) is 4.81. The molecule has 4 nitrogen and oxygen atoms in total. The van der Waals surface area contributed by atoms with Crippen LogP contribution in [-0.2, 0) is 9.59 Å². The van der Waals surface area contributed by atoms with E-state index >= 15 is 0 Å². The molecule has 0 aliphatic carbocycles. The van der Waals surface area contributed by atoms with E-state index < -0.39 is 6.04 Å². The summed E-state index contributed by atoms with van der Waals surface area (Å²) in [4.78, 5) is 25.6. The van der Waals surface area contributed by atoms with E-state index in [1.807, 2.05) is 13.8 Å². The number of amides is 2. The maximum Gasteiger partial charge on any atom is 0.250 e. The highest BCUT2D eigenvalue weighted by atomic mass is 79.9. The number of nitrogens with one attached hydrogen (secondary N) is 1. The van der Waals surface area contributed by atoms with Crippen LogP contribution in [0.4, 0.5) is 5.69 Å². The lowest BCUT2D eigenvalue weighted by molar-refractivity contribution is -0.132. The van der Waals surface area contributed by atoms with Gasteiger partial charge in [0.2, 0.25) is 11.8 Å². The lowest BCUT2D eigenvalue weighted by atomic mass is 10.0. The van der Waals surface area contributed by atoms with Crippen LogP contribution in [0.3, 0.4) is 0 Å². The van der Waals surface area contributed by atoms with Gasteiger partial charge in [-0.15, -0.1) is 0 Å². The van der Waals surface area contributed by atoms with Crippen molar-refractivity contribution in [3.05, 3.63) is 27.7 Å². The zero-order valence-electron chi connectivity index (χ0n) is 10.6. The van der Waals surface area contributed by atoms with Gasteiger partial charge in [0, 0.05) is 4.47 Å². The zero-order chi connectivity index (χ0) is 14.2. The van der Waals surface area contributed by atoms with Crippen LogP contribution >= 0.6 is 27.5 Å². The van der Waals surface area contributed by atoms with Crippen LogP contribution in [0.5, 0.6) is 0 Å². The fourth-order valence-corrected chi connectivity index (χ4v) is 2.59. The normalized spacial score (nSPS) is 19.8. The van der Waals surface area contributed by atoms with Crippen LogP contribution in [0.25, 0.3) is 0 Å². The highest BCUT2D eigenvalue weighted by Gasteiger charge is 2.36. The van der Waals surface area contributed by atoms with Crippen LogP contribution in [0.1, 0.15) is 13.8 Å². The topological polar surface area (TPSA) is 49.4 Å². The molecule has 1 atom stereocenters. The molecular formula is C13H14BrClN2O2. The van der Waals surface area contributed by atoms with Gasteiger partial charge >= 0.3 is 0 Å². The second kappa shape index (κ2) is 5.51. The first-order valence-corrected chi connectivity index (χ1v) is 7.13. The van der Waals surface area contributed by atoms with Crippen molar-refractivity contribution in [1.82, 2.24) is 5.32 Å². The summed E-state index contributed by atoms with van der Waals surface area (Å²) >= 11 is 9.47. The number of halogens is 2. The number of anilines is 1. The van der Waals surface area contributed by atoms with E-state index in [-0.39, 0.29) is 24.3 Å². The van der Waals surface area contributed by atoms with E-state index in [1.54, 1.807) is 18.2 Å². The van der Waals surface area contributed by atoms with Crippen molar-refractivity contribution in [2.24, 2.45) is 5.92 Å². The monoisotopic (exact) mass is 344 g/mol. The third kappa shape index (κ3) is 2.92. The van der Waals surface area contributed by atoms with E-state index in [9.17, 15) is 9.59 Å². The van der Waals surface area contributed by atoms with E-state index in [4.69, 9.17) is 11.6 Å². The minimum absolute atomic E-state index is 0.00176. The molecule has 0 saturated carbocycles. The molecule has 2 rings (SSSR count). The maximum absolute atomic E-state index is 12.4. The maximum atomic E-state index is 12.4. The molecule has 0 aromatic heterocycles. The third-order valence-electron chi connectivity index (χ3n) is 3.02. The summed E-state index contributed by atoms with van der Waals surface area (Å²) in [6.07, 6.45) is 0. The summed E-state index contributed by atoms with van der Waals surface area (Å²) in [5, 5.41) is 3.17. The second-order valence-corrected chi connectivity index (χ2v) is 6.13. The van der Waals surface area contributed by atoms with Crippen molar-refractivity contribution in [2.45, 2.75) is 19.9 Å². The smallest absolute Gasteiger partial charge is 0.250 e.